The van der Waals surface area contributed by atoms with Crippen LogP contribution in [-0.4, -0.2) is 12.4 Å². The summed E-state index contributed by atoms with van der Waals surface area (Å²) in [7, 11) is 0. The van der Waals surface area contributed by atoms with E-state index in [9.17, 15) is 4.79 Å². The molecule has 0 spiro atoms. The molecule has 1 atom stereocenters. The third-order valence-electron chi connectivity index (χ3n) is 1.33. The lowest BCUT2D eigenvalue weighted by molar-refractivity contribution is -0.113. The van der Waals surface area contributed by atoms with Crippen LogP contribution in [0.5, 0.6) is 5.75 Å². The Kier molecular flexibility index (Phi) is 3.11. The fourth-order valence-electron chi connectivity index (χ4n) is 0.756. The van der Waals surface area contributed by atoms with Gasteiger partial charge in [0.05, 0.1) is 0 Å². The first-order chi connectivity index (χ1) is 5.72. The quantitative estimate of drug-likeness (QED) is 0.674. The van der Waals surface area contributed by atoms with Crippen LogP contribution in [0.25, 0.3) is 0 Å². The lowest BCUT2D eigenvalue weighted by atomic mass is 10.3. The lowest BCUT2D eigenvalue weighted by Gasteiger charge is -2.07. The van der Waals surface area contributed by atoms with Crippen LogP contribution >= 0.6 is 11.6 Å². The third-order valence-corrected chi connectivity index (χ3v) is 1.58. The summed E-state index contributed by atoms with van der Waals surface area (Å²) in [6, 6.07) is 6.88. The molecule has 3 heteroatoms. The molecule has 0 amide bonds. The Morgan fingerprint density at radius 1 is 1.42 bits per heavy atom. The molecule has 0 radical (unpaired) electrons. The zero-order chi connectivity index (χ0) is 8.97. The van der Waals surface area contributed by atoms with Crippen molar-refractivity contribution in [1.29, 1.82) is 0 Å². The average Bonchev–Trinajstić information content (AvgIpc) is 2.09. The summed E-state index contributed by atoms with van der Waals surface area (Å²) in [5, 5.41) is 0.654. The van der Waals surface area contributed by atoms with Crippen molar-refractivity contribution in [3.63, 3.8) is 0 Å². The predicted molar refractivity (Wildman–Crippen MR) is 47.6 cm³/mol. The Hall–Kier alpha value is -1.02. The first kappa shape index (κ1) is 9.07. The highest BCUT2D eigenvalue weighted by Crippen LogP contribution is 2.16. The minimum absolute atomic E-state index is 0.411. The highest BCUT2D eigenvalue weighted by molar-refractivity contribution is 6.30. The van der Waals surface area contributed by atoms with Crippen molar-refractivity contribution in [2.45, 2.75) is 13.0 Å². The van der Waals surface area contributed by atoms with Gasteiger partial charge in [0.15, 0.2) is 12.4 Å². The molecule has 1 aromatic carbocycles. The number of carbonyl (C=O) groups is 1. The molecule has 0 saturated carbocycles. The molecule has 0 saturated heterocycles. The Labute approximate surface area is 76.1 Å². The van der Waals surface area contributed by atoms with E-state index < -0.39 is 6.10 Å². The fraction of sp³-hybridized carbons (Fsp3) is 0.222. The molecule has 0 aliphatic heterocycles. The second kappa shape index (κ2) is 4.12. The van der Waals surface area contributed by atoms with Crippen LogP contribution in [0.2, 0.25) is 5.02 Å². The number of benzene rings is 1. The Balaban J connectivity index is 2.64. The van der Waals surface area contributed by atoms with Crippen LogP contribution in [-0.2, 0) is 4.79 Å². The van der Waals surface area contributed by atoms with Gasteiger partial charge >= 0.3 is 0 Å². The highest BCUT2D eigenvalue weighted by Gasteiger charge is 2.00. The first-order valence-corrected chi connectivity index (χ1v) is 3.97. The van der Waals surface area contributed by atoms with Crippen molar-refractivity contribution < 1.29 is 9.53 Å². The van der Waals surface area contributed by atoms with Crippen molar-refractivity contribution in [3.05, 3.63) is 29.3 Å². The number of rotatable bonds is 3. The maximum atomic E-state index is 10.2. The van der Waals surface area contributed by atoms with E-state index in [0.29, 0.717) is 10.8 Å². The molecule has 0 fully saturated rings. The minimum Gasteiger partial charge on any atom is -0.483 e. The monoisotopic (exact) mass is 184 g/mol. The maximum Gasteiger partial charge on any atom is 0.160 e. The number of hydrogen-bond donors (Lipinski definition) is 0. The van der Waals surface area contributed by atoms with Gasteiger partial charge in [0.2, 0.25) is 0 Å². The largest absolute Gasteiger partial charge is 0.483 e. The van der Waals surface area contributed by atoms with E-state index in [1.165, 1.54) is 0 Å². The summed E-state index contributed by atoms with van der Waals surface area (Å²) >= 11 is 5.66. The van der Waals surface area contributed by atoms with Gasteiger partial charge in [-0.1, -0.05) is 11.6 Å². The second-order valence-electron chi connectivity index (χ2n) is 2.41. The van der Waals surface area contributed by atoms with E-state index >= 15 is 0 Å². The number of aldehydes is 1. The van der Waals surface area contributed by atoms with Crippen molar-refractivity contribution in [2.75, 3.05) is 0 Å². The molecule has 0 N–H and O–H groups in total. The summed E-state index contributed by atoms with van der Waals surface area (Å²) in [6.07, 6.45) is 0.334. The van der Waals surface area contributed by atoms with Gasteiger partial charge in [-0.3, -0.25) is 4.79 Å². The smallest absolute Gasteiger partial charge is 0.160 e. The van der Waals surface area contributed by atoms with Gasteiger partial charge in [-0.15, -0.1) is 0 Å². The molecule has 0 aromatic heterocycles. The van der Waals surface area contributed by atoms with E-state index in [-0.39, 0.29) is 0 Å². The average molecular weight is 185 g/mol. The molecule has 1 aromatic rings. The number of hydrogen-bond acceptors (Lipinski definition) is 2. The maximum absolute atomic E-state index is 10.2. The van der Waals surface area contributed by atoms with E-state index in [0.717, 1.165) is 6.29 Å². The minimum atomic E-state index is -0.411. The molecule has 2 nitrogen and oxygen atoms in total. The molecule has 1 rings (SSSR count). The van der Waals surface area contributed by atoms with E-state index in [1.807, 2.05) is 0 Å². The third kappa shape index (κ3) is 2.55. The fourth-order valence-corrected chi connectivity index (χ4v) is 0.882. The van der Waals surface area contributed by atoms with Gasteiger partial charge in [0.25, 0.3) is 0 Å². The number of carbonyl (C=O) groups excluding carboxylic acids is 1. The van der Waals surface area contributed by atoms with Crippen molar-refractivity contribution in [1.82, 2.24) is 0 Å². The molecule has 1 unspecified atom stereocenters. The molecular weight excluding hydrogens is 176 g/mol. The Bertz CT molecular complexity index is 256. The zero-order valence-corrected chi connectivity index (χ0v) is 7.41. The van der Waals surface area contributed by atoms with Gasteiger partial charge in [0, 0.05) is 5.02 Å². The van der Waals surface area contributed by atoms with E-state index in [2.05, 4.69) is 0 Å². The van der Waals surface area contributed by atoms with Crippen LogP contribution in [0.15, 0.2) is 24.3 Å². The summed E-state index contributed by atoms with van der Waals surface area (Å²) in [6.45, 7) is 1.68. The highest BCUT2D eigenvalue weighted by atomic mass is 35.5. The van der Waals surface area contributed by atoms with Gasteiger partial charge in [0.1, 0.15) is 5.75 Å². The predicted octanol–water partition coefficient (Wildman–Crippen LogP) is 2.31. The van der Waals surface area contributed by atoms with E-state index in [1.54, 1.807) is 31.2 Å². The van der Waals surface area contributed by atoms with Gasteiger partial charge < -0.3 is 4.74 Å². The lowest BCUT2D eigenvalue weighted by Crippen LogP contribution is -2.12. The standard InChI is InChI=1S/C9H9ClO2/c1-7(6-11)12-9-4-2-8(10)3-5-9/h2-7H,1H3. The van der Waals surface area contributed by atoms with Gasteiger partial charge in [-0.2, -0.15) is 0 Å². The normalized spacial score (nSPS) is 12.2. The molecule has 0 heterocycles. The summed E-state index contributed by atoms with van der Waals surface area (Å²) < 4.78 is 5.19. The van der Waals surface area contributed by atoms with Crippen LogP contribution < -0.4 is 4.74 Å². The molecule has 64 valence electrons. The summed E-state index contributed by atoms with van der Waals surface area (Å²) in [4.78, 5) is 10.2. The van der Waals surface area contributed by atoms with Crippen molar-refractivity contribution >= 4 is 17.9 Å². The number of halogens is 1. The SMILES string of the molecule is CC(C=O)Oc1ccc(Cl)cc1. The van der Waals surface area contributed by atoms with Crippen molar-refractivity contribution in [3.8, 4) is 5.75 Å². The Morgan fingerprint density at radius 2 is 2.00 bits per heavy atom. The molecule has 0 bridgehead atoms. The van der Waals surface area contributed by atoms with Gasteiger partial charge in [-0.05, 0) is 31.2 Å². The van der Waals surface area contributed by atoms with Crippen LogP contribution in [0.1, 0.15) is 6.92 Å². The van der Waals surface area contributed by atoms with Crippen molar-refractivity contribution in [2.24, 2.45) is 0 Å². The van der Waals surface area contributed by atoms with E-state index in [4.69, 9.17) is 16.3 Å². The number of ether oxygens (including phenoxy) is 1. The molecule has 0 aliphatic carbocycles. The molecule has 12 heavy (non-hydrogen) atoms. The van der Waals surface area contributed by atoms with Crippen LogP contribution in [0, 0.1) is 0 Å². The second-order valence-corrected chi connectivity index (χ2v) is 2.85. The first-order valence-electron chi connectivity index (χ1n) is 3.60. The zero-order valence-electron chi connectivity index (χ0n) is 6.66. The van der Waals surface area contributed by atoms with Crippen LogP contribution in [0.4, 0.5) is 0 Å². The Morgan fingerprint density at radius 3 is 2.50 bits per heavy atom. The molecular formula is C9H9ClO2. The topological polar surface area (TPSA) is 26.3 Å². The summed E-state index contributed by atoms with van der Waals surface area (Å²) in [5.41, 5.74) is 0. The summed E-state index contributed by atoms with van der Waals surface area (Å²) in [5.74, 6) is 0.652. The molecule has 0 aliphatic rings. The van der Waals surface area contributed by atoms with Gasteiger partial charge in [-0.25, -0.2) is 0 Å². The van der Waals surface area contributed by atoms with Crippen LogP contribution in [0.3, 0.4) is 0 Å².